The van der Waals surface area contributed by atoms with Crippen LogP contribution in [0.1, 0.15) is 57.6 Å². The third-order valence-electron chi connectivity index (χ3n) is 6.60. The fourth-order valence-electron chi connectivity index (χ4n) is 4.90. The van der Waals surface area contributed by atoms with Crippen LogP contribution in [0.3, 0.4) is 0 Å². The number of likely N-dealkylation sites (N-methyl/N-ethyl adjacent to an activating group) is 1. The first-order valence-electron chi connectivity index (χ1n) is 11.1. The summed E-state index contributed by atoms with van der Waals surface area (Å²) in [4.78, 5) is 40.3. The smallest absolute Gasteiger partial charge is 0.233 e. The second-order valence-electron chi connectivity index (χ2n) is 8.21. The van der Waals surface area contributed by atoms with E-state index in [1.165, 1.54) is 15.4 Å². The predicted molar refractivity (Wildman–Crippen MR) is 111 cm³/mol. The molecule has 3 rings (SSSR count). The highest BCUT2D eigenvalue weighted by atomic mass is 16.2. The largest absolute Gasteiger partial charge is 0.350 e. The molecule has 0 radical (unpaired) electrons. The summed E-state index contributed by atoms with van der Waals surface area (Å²) in [6.07, 6.45) is 3.82. The number of carbonyl (C=O) groups is 3. The number of hydrogen-bond acceptors (Lipinski definition) is 3. The molecule has 1 saturated carbocycles. The average molecular weight is 401 g/mol. The minimum absolute atomic E-state index is 0.0674. The van der Waals surface area contributed by atoms with E-state index >= 15 is 0 Å². The van der Waals surface area contributed by atoms with Gasteiger partial charge in [-0.25, -0.2) is 0 Å². The van der Waals surface area contributed by atoms with Crippen molar-refractivity contribution in [3.05, 3.63) is 35.9 Å². The van der Waals surface area contributed by atoms with E-state index in [1.807, 2.05) is 18.2 Å². The summed E-state index contributed by atoms with van der Waals surface area (Å²) in [6, 6.07) is 10.4. The molecule has 1 aliphatic heterocycles. The van der Waals surface area contributed by atoms with Crippen molar-refractivity contribution in [3.63, 3.8) is 0 Å². The molecule has 1 aliphatic carbocycles. The highest BCUT2D eigenvalue weighted by molar-refractivity contribution is 6.05. The highest BCUT2D eigenvalue weighted by Crippen LogP contribution is 2.37. The Hall–Kier alpha value is -2.21. The van der Waals surface area contributed by atoms with E-state index in [1.54, 1.807) is 0 Å². The van der Waals surface area contributed by atoms with E-state index in [0.29, 0.717) is 6.54 Å². The van der Waals surface area contributed by atoms with Crippen molar-refractivity contribution in [2.45, 2.75) is 52.0 Å². The van der Waals surface area contributed by atoms with Crippen molar-refractivity contribution in [2.75, 3.05) is 26.2 Å². The molecule has 6 nitrogen and oxygen atoms in total. The topological polar surface area (TPSA) is 70.9 Å². The lowest BCUT2D eigenvalue weighted by molar-refractivity contribution is -0.927. The molecule has 2 N–H and O–H groups in total. The van der Waals surface area contributed by atoms with Gasteiger partial charge in [0.05, 0.1) is 31.5 Å². The predicted octanol–water partition coefficient (Wildman–Crippen LogP) is 1.33. The van der Waals surface area contributed by atoms with Crippen molar-refractivity contribution < 1.29 is 19.3 Å². The van der Waals surface area contributed by atoms with Crippen molar-refractivity contribution in [3.8, 4) is 0 Å². The van der Waals surface area contributed by atoms with Gasteiger partial charge in [-0.3, -0.25) is 19.3 Å². The van der Waals surface area contributed by atoms with E-state index in [2.05, 4.69) is 31.3 Å². The van der Waals surface area contributed by atoms with Crippen LogP contribution < -0.4 is 10.2 Å². The molecule has 1 heterocycles. The molecule has 3 amide bonds. The normalized spacial score (nSPS) is 22.7. The van der Waals surface area contributed by atoms with Crippen LogP contribution in [0.2, 0.25) is 0 Å². The van der Waals surface area contributed by atoms with Crippen LogP contribution >= 0.6 is 0 Å². The van der Waals surface area contributed by atoms with Gasteiger partial charge in [0.1, 0.15) is 6.04 Å². The Labute approximate surface area is 173 Å². The molecular formula is C23H34N3O3+. The van der Waals surface area contributed by atoms with Gasteiger partial charge in [0.25, 0.3) is 0 Å². The van der Waals surface area contributed by atoms with Crippen LogP contribution in [-0.2, 0) is 14.4 Å². The molecule has 158 valence electrons. The van der Waals surface area contributed by atoms with Crippen LogP contribution in [0, 0.1) is 11.8 Å². The number of imide groups is 1. The van der Waals surface area contributed by atoms with Gasteiger partial charge in [-0.2, -0.15) is 0 Å². The first-order valence-corrected chi connectivity index (χ1v) is 11.1. The molecular weight excluding hydrogens is 366 g/mol. The minimum Gasteiger partial charge on any atom is -0.350 e. The maximum atomic E-state index is 12.6. The number of likely N-dealkylation sites (tertiary alicyclic amines) is 1. The second-order valence-corrected chi connectivity index (χ2v) is 8.21. The van der Waals surface area contributed by atoms with Crippen molar-refractivity contribution in [1.29, 1.82) is 0 Å². The maximum Gasteiger partial charge on any atom is 0.233 e. The maximum absolute atomic E-state index is 12.6. The Morgan fingerprint density at radius 3 is 2.21 bits per heavy atom. The molecule has 0 aromatic heterocycles. The summed E-state index contributed by atoms with van der Waals surface area (Å²) in [5, 5.41) is 3.04. The summed E-state index contributed by atoms with van der Waals surface area (Å²) in [5.74, 6) is -0.529. The number of amides is 3. The molecule has 29 heavy (non-hydrogen) atoms. The summed E-state index contributed by atoms with van der Waals surface area (Å²) in [6.45, 7) is 7.01. The third kappa shape index (κ3) is 4.86. The molecule has 2 aliphatic rings. The van der Waals surface area contributed by atoms with E-state index in [0.717, 1.165) is 38.8 Å². The number of nitrogens with one attached hydrogen (secondary N) is 2. The van der Waals surface area contributed by atoms with Crippen molar-refractivity contribution >= 4 is 17.7 Å². The molecule has 1 saturated heterocycles. The molecule has 1 aromatic rings. The Bertz CT molecular complexity index is 693. The minimum atomic E-state index is -0.145. The first-order chi connectivity index (χ1) is 14.1. The lowest BCUT2D eigenvalue weighted by atomic mass is 9.81. The van der Waals surface area contributed by atoms with Crippen molar-refractivity contribution in [2.24, 2.45) is 11.8 Å². The third-order valence-corrected chi connectivity index (χ3v) is 6.60. The number of nitrogens with zero attached hydrogens (tertiary/aromatic N) is 1. The molecule has 2 fully saturated rings. The monoisotopic (exact) mass is 400 g/mol. The van der Waals surface area contributed by atoms with Gasteiger partial charge < -0.3 is 10.2 Å². The molecule has 6 heteroatoms. The zero-order valence-corrected chi connectivity index (χ0v) is 17.7. The number of benzene rings is 1. The molecule has 0 spiro atoms. The van der Waals surface area contributed by atoms with E-state index in [9.17, 15) is 14.4 Å². The van der Waals surface area contributed by atoms with Crippen LogP contribution in [0.5, 0.6) is 0 Å². The number of rotatable bonds is 9. The summed E-state index contributed by atoms with van der Waals surface area (Å²) in [5.41, 5.74) is 1.21. The Morgan fingerprint density at radius 1 is 1.07 bits per heavy atom. The Morgan fingerprint density at radius 2 is 1.66 bits per heavy atom. The SMILES string of the molecule is CC[NH+](CC)[C@H](CNC(=O)CCN1C(=O)[C@H]2CCCC[C@@H]2C1=O)c1ccccc1. The van der Waals surface area contributed by atoms with Crippen LogP contribution in [-0.4, -0.2) is 48.8 Å². The van der Waals surface area contributed by atoms with Crippen molar-refractivity contribution in [1.82, 2.24) is 10.2 Å². The highest BCUT2D eigenvalue weighted by Gasteiger charge is 2.47. The zero-order chi connectivity index (χ0) is 20.8. The van der Waals surface area contributed by atoms with Crippen LogP contribution in [0.25, 0.3) is 0 Å². The summed E-state index contributed by atoms with van der Waals surface area (Å²) >= 11 is 0. The fourth-order valence-corrected chi connectivity index (χ4v) is 4.90. The van der Waals surface area contributed by atoms with Gasteiger partial charge in [-0.15, -0.1) is 0 Å². The Kier molecular flexibility index (Phi) is 7.42. The lowest BCUT2D eigenvalue weighted by Gasteiger charge is -2.27. The van der Waals surface area contributed by atoms with Gasteiger partial charge >= 0.3 is 0 Å². The van der Waals surface area contributed by atoms with Gasteiger partial charge in [0.15, 0.2) is 0 Å². The standard InChI is InChI=1S/C23H33N3O3/c1-3-25(4-2)20(17-10-6-5-7-11-17)16-24-21(27)14-15-26-22(28)18-12-8-9-13-19(18)23(26)29/h5-7,10-11,18-20H,3-4,8-9,12-16H2,1-2H3,(H,24,27)/p+1/t18-,19-,20+/m0/s1. The molecule has 3 atom stereocenters. The van der Waals surface area contributed by atoms with E-state index in [-0.39, 0.29) is 48.6 Å². The first kappa shape index (κ1) is 21.5. The quantitative estimate of drug-likeness (QED) is 0.615. The van der Waals surface area contributed by atoms with Crippen LogP contribution in [0.15, 0.2) is 30.3 Å². The number of fused-ring (bicyclic) bond motifs is 1. The van der Waals surface area contributed by atoms with Gasteiger partial charge in [0, 0.05) is 18.5 Å². The molecule has 0 unspecified atom stereocenters. The number of quaternary nitrogens is 1. The zero-order valence-electron chi connectivity index (χ0n) is 17.7. The Balaban J connectivity index is 1.54. The fraction of sp³-hybridized carbons (Fsp3) is 0.609. The molecule has 1 aromatic carbocycles. The summed E-state index contributed by atoms with van der Waals surface area (Å²) in [7, 11) is 0. The average Bonchev–Trinajstić information content (AvgIpc) is 3.00. The van der Waals surface area contributed by atoms with Crippen LogP contribution in [0.4, 0.5) is 0 Å². The second kappa shape index (κ2) is 10.0. The lowest BCUT2D eigenvalue weighted by Crippen LogP contribution is -3.12. The van der Waals surface area contributed by atoms with Gasteiger partial charge in [0.2, 0.25) is 17.7 Å². The van der Waals surface area contributed by atoms with E-state index < -0.39 is 0 Å². The van der Waals surface area contributed by atoms with E-state index in [4.69, 9.17) is 0 Å². The number of carbonyl (C=O) groups excluding carboxylic acids is 3. The number of hydrogen-bond donors (Lipinski definition) is 2. The molecule has 0 bridgehead atoms. The van der Waals surface area contributed by atoms with Gasteiger partial charge in [-0.05, 0) is 26.7 Å². The summed E-state index contributed by atoms with van der Waals surface area (Å²) < 4.78 is 0. The van der Waals surface area contributed by atoms with Gasteiger partial charge in [-0.1, -0.05) is 43.2 Å².